The van der Waals surface area contributed by atoms with Gasteiger partial charge in [-0.15, -0.1) is 0 Å². The van der Waals surface area contributed by atoms with E-state index in [0.717, 1.165) is 27.4 Å². The van der Waals surface area contributed by atoms with Gasteiger partial charge in [0.15, 0.2) is 0 Å². The first kappa shape index (κ1) is 14.3. The van der Waals surface area contributed by atoms with Crippen LogP contribution in [0.4, 0.5) is 0 Å². The van der Waals surface area contributed by atoms with Crippen molar-refractivity contribution < 1.29 is 14.6 Å². The van der Waals surface area contributed by atoms with Gasteiger partial charge in [0.25, 0.3) is 0 Å². The van der Waals surface area contributed by atoms with Gasteiger partial charge in [-0.25, -0.2) is 4.79 Å². The van der Waals surface area contributed by atoms with E-state index in [-0.39, 0.29) is 0 Å². The van der Waals surface area contributed by atoms with Crippen LogP contribution in [-0.4, -0.2) is 28.0 Å². The third-order valence-corrected chi connectivity index (χ3v) is 3.07. The summed E-state index contributed by atoms with van der Waals surface area (Å²) < 4.78 is 7.98. The Bertz CT molecular complexity index is 650. The molecule has 0 fully saturated rings. The lowest BCUT2D eigenvalue weighted by Crippen LogP contribution is -2.02. The molecule has 6 heteroatoms. The van der Waals surface area contributed by atoms with Crippen LogP contribution in [0.25, 0.3) is 6.08 Å². The van der Waals surface area contributed by atoms with Crippen LogP contribution in [0, 0.1) is 0 Å². The molecule has 1 heterocycles. The largest absolute Gasteiger partial charge is 0.496 e. The number of ether oxygens (including phenoxy) is 1. The Hall–Kier alpha value is -2.08. The second-order valence-electron chi connectivity index (χ2n) is 4.10. The molecule has 5 nitrogen and oxygen atoms in total. The van der Waals surface area contributed by atoms with Crippen molar-refractivity contribution in [1.82, 2.24) is 9.78 Å². The number of aliphatic carboxylic acids is 1. The highest BCUT2D eigenvalue weighted by Crippen LogP contribution is 2.22. The van der Waals surface area contributed by atoms with Crippen molar-refractivity contribution in [3.05, 3.63) is 52.3 Å². The van der Waals surface area contributed by atoms with Crippen molar-refractivity contribution in [2.45, 2.75) is 6.54 Å². The molecule has 0 aliphatic heterocycles. The zero-order chi connectivity index (χ0) is 14.5. The SMILES string of the molecule is COc1ccc(/C=C\C(=O)O)cc1Cn1cc(Br)cn1. The molecule has 2 aromatic rings. The summed E-state index contributed by atoms with van der Waals surface area (Å²) in [5, 5.41) is 12.8. The predicted octanol–water partition coefficient (Wildman–Crippen LogP) is 2.80. The molecule has 2 rings (SSSR count). The minimum Gasteiger partial charge on any atom is -0.496 e. The van der Waals surface area contributed by atoms with Crippen LogP contribution in [0.15, 0.2) is 41.1 Å². The standard InChI is InChI=1S/C14H13BrN2O3/c1-20-13-4-2-10(3-5-14(18)19)6-11(13)8-17-9-12(15)7-16-17/h2-7,9H,8H2,1H3,(H,18,19)/b5-3-. The molecular formula is C14H13BrN2O3. The summed E-state index contributed by atoms with van der Waals surface area (Å²) >= 11 is 3.35. The Morgan fingerprint density at radius 1 is 1.55 bits per heavy atom. The summed E-state index contributed by atoms with van der Waals surface area (Å²) in [6, 6.07) is 5.50. The summed E-state index contributed by atoms with van der Waals surface area (Å²) in [6.07, 6.45) is 6.22. The van der Waals surface area contributed by atoms with E-state index in [0.29, 0.717) is 6.54 Å². The quantitative estimate of drug-likeness (QED) is 0.852. The summed E-state index contributed by atoms with van der Waals surface area (Å²) in [7, 11) is 1.60. The van der Waals surface area contributed by atoms with Gasteiger partial charge in [0.05, 0.1) is 24.3 Å². The van der Waals surface area contributed by atoms with E-state index in [2.05, 4.69) is 21.0 Å². The second-order valence-corrected chi connectivity index (χ2v) is 5.01. The average molecular weight is 337 g/mol. The van der Waals surface area contributed by atoms with Gasteiger partial charge in [-0.1, -0.05) is 6.07 Å². The molecule has 0 aliphatic rings. The normalized spacial score (nSPS) is 10.9. The minimum absolute atomic E-state index is 0.545. The summed E-state index contributed by atoms with van der Waals surface area (Å²) in [6.45, 7) is 0.545. The number of rotatable bonds is 5. The van der Waals surface area contributed by atoms with Crippen molar-refractivity contribution in [2.24, 2.45) is 0 Å². The lowest BCUT2D eigenvalue weighted by molar-refractivity contribution is -0.131. The number of nitrogens with zero attached hydrogens (tertiary/aromatic N) is 2. The van der Waals surface area contributed by atoms with Crippen LogP contribution in [-0.2, 0) is 11.3 Å². The Labute approximate surface area is 124 Å². The average Bonchev–Trinajstić information content (AvgIpc) is 2.82. The number of hydrogen-bond acceptors (Lipinski definition) is 3. The third-order valence-electron chi connectivity index (χ3n) is 2.66. The fourth-order valence-electron chi connectivity index (χ4n) is 1.79. The number of carboxylic acid groups (broad SMARTS) is 1. The first-order valence-corrected chi connectivity index (χ1v) is 6.63. The van der Waals surface area contributed by atoms with Crippen molar-refractivity contribution in [2.75, 3.05) is 7.11 Å². The molecule has 20 heavy (non-hydrogen) atoms. The van der Waals surface area contributed by atoms with Crippen LogP contribution in [0.3, 0.4) is 0 Å². The molecule has 0 bridgehead atoms. The van der Waals surface area contributed by atoms with Crippen LogP contribution >= 0.6 is 15.9 Å². The number of carboxylic acids is 1. The lowest BCUT2D eigenvalue weighted by atomic mass is 10.1. The van der Waals surface area contributed by atoms with Crippen molar-refractivity contribution >= 4 is 28.0 Å². The number of methoxy groups -OCH3 is 1. The van der Waals surface area contributed by atoms with Crippen LogP contribution in [0.1, 0.15) is 11.1 Å². The van der Waals surface area contributed by atoms with Crippen molar-refractivity contribution in [3.63, 3.8) is 0 Å². The van der Waals surface area contributed by atoms with E-state index < -0.39 is 5.97 Å². The van der Waals surface area contributed by atoms with E-state index in [1.807, 2.05) is 18.3 Å². The number of aromatic nitrogens is 2. The van der Waals surface area contributed by atoms with E-state index in [4.69, 9.17) is 9.84 Å². The highest BCUT2D eigenvalue weighted by molar-refractivity contribution is 9.10. The zero-order valence-corrected chi connectivity index (χ0v) is 12.4. The number of hydrogen-bond donors (Lipinski definition) is 1. The Morgan fingerprint density at radius 3 is 2.95 bits per heavy atom. The highest BCUT2D eigenvalue weighted by Gasteiger charge is 2.06. The lowest BCUT2D eigenvalue weighted by Gasteiger charge is -2.09. The van der Waals surface area contributed by atoms with E-state index in [1.54, 1.807) is 30.1 Å². The monoisotopic (exact) mass is 336 g/mol. The number of benzene rings is 1. The van der Waals surface area contributed by atoms with Crippen LogP contribution < -0.4 is 4.74 Å². The van der Waals surface area contributed by atoms with Crippen molar-refractivity contribution in [3.8, 4) is 5.75 Å². The fraction of sp³-hybridized carbons (Fsp3) is 0.143. The highest BCUT2D eigenvalue weighted by atomic mass is 79.9. The molecule has 1 N–H and O–H groups in total. The fourth-order valence-corrected chi connectivity index (χ4v) is 2.12. The molecule has 0 radical (unpaired) electrons. The van der Waals surface area contributed by atoms with Gasteiger partial charge in [0.1, 0.15) is 5.75 Å². The molecule has 0 spiro atoms. The summed E-state index contributed by atoms with van der Waals surface area (Å²) in [5.41, 5.74) is 1.73. The van der Waals surface area contributed by atoms with E-state index >= 15 is 0 Å². The number of carbonyl (C=O) groups is 1. The molecule has 1 aromatic heterocycles. The molecule has 1 aromatic carbocycles. The molecule has 0 saturated carbocycles. The smallest absolute Gasteiger partial charge is 0.328 e. The van der Waals surface area contributed by atoms with Crippen molar-refractivity contribution in [1.29, 1.82) is 0 Å². The minimum atomic E-state index is -0.974. The van der Waals surface area contributed by atoms with Crippen LogP contribution in [0.5, 0.6) is 5.75 Å². The number of halogens is 1. The molecule has 0 amide bonds. The molecular weight excluding hydrogens is 324 g/mol. The first-order chi connectivity index (χ1) is 9.58. The molecule has 104 valence electrons. The van der Waals surface area contributed by atoms with E-state index in [1.165, 1.54) is 0 Å². The molecule has 0 saturated heterocycles. The predicted molar refractivity (Wildman–Crippen MR) is 78.7 cm³/mol. The van der Waals surface area contributed by atoms with Gasteiger partial charge < -0.3 is 9.84 Å². The maximum absolute atomic E-state index is 10.5. The molecule has 0 atom stereocenters. The second kappa shape index (κ2) is 6.38. The first-order valence-electron chi connectivity index (χ1n) is 5.84. The Morgan fingerprint density at radius 2 is 2.35 bits per heavy atom. The van der Waals surface area contributed by atoms with Gasteiger partial charge >= 0.3 is 5.97 Å². The van der Waals surface area contributed by atoms with Gasteiger partial charge in [-0.05, 0) is 39.7 Å². The van der Waals surface area contributed by atoms with Gasteiger partial charge in [0, 0.05) is 17.8 Å². The Kier molecular flexibility index (Phi) is 4.57. The Balaban J connectivity index is 2.29. The molecule has 0 unspecified atom stereocenters. The maximum Gasteiger partial charge on any atom is 0.328 e. The van der Waals surface area contributed by atoms with Gasteiger partial charge in [0.2, 0.25) is 0 Å². The van der Waals surface area contributed by atoms with Crippen LogP contribution in [0.2, 0.25) is 0 Å². The van der Waals surface area contributed by atoms with E-state index in [9.17, 15) is 4.79 Å². The van der Waals surface area contributed by atoms with Gasteiger partial charge in [-0.2, -0.15) is 5.10 Å². The third kappa shape index (κ3) is 3.71. The van der Waals surface area contributed by atoms with Gasteiger partial charge in [-0.3, -0.25) is 4.68 Å². The maximum atomic E-state index is 10.5. The topological polar surface area (TPSA) is 64.3 Å². The summed E-state index contributed by atoms with van der Waals surface area (Å²) in [4.78, 5) is 10.5. The molecule has 0 aliphatic carbocycles. The zero-order valence-electron chi connectivity index (χ0n) is 10.8. The summed E-state index contributed by atoms with van der Waals surface area (Å²) in [5.74, 6) is -0.234.